The van der Waals surface area contributed by atoms with E-state index in [0.717, 1.165) is 11.4 Å². The third kappa shape index (κ3) is 3.51. The molecule has 2 rings (SSSR count). The molecule has 0 unspecified atom stereocenters. The molecule has 0 atom stereocenters. The maximum atomic E-state index is 11.5. The van der Waals surface area contributed by atoms with Crippen molar-refractivity contribution in [3.8, 4) is 0 Å². The summed E-state index contributed by atoms with van der Waals surface area (Å²) in [6.07, 6.45) is 3.89. The summed E-state index contributed by atoms with van der Waals surface area (Å²) in [5, 5.41) is 0. The van der Waals surface area contributed by atoms with Crippen LogP contribution in [-0.4, -0.2) is 21.8 Å². The minimum Gasteiger partial charge on any atom is -0.365 e. The van der Waals surface area contributed by atoms with Gasteiger partial charge in [-0.15, -0.1) is 0 Å². The fourth-order valence-corrected chi connectivity index (χ4v) is 1.53. The van der Waals surface area contributed by atoms with Gasteiger partial charge in [-0.05, 0) is 24.3 Å². The minimum atomic E-state index is -0.266. The Morgan fingerprint density at radius 2 is 1.33 bits per heavy atom. The van der Waals surface area contributed by atoms with Crippen LogP contribution < -0.4 is 10.9 Å². The average Bonchev–Trinajstić information content (AvgIpc) is 2.99. The van der Waals surface area contributed by atoms with Gasteiger partial charge in [0.05, 0.1) is 12.8 Å². The van der Waals surface area contributed by atoms with E-state index in [-0.39, 0.29) is 24.7 Å². The van der Waals surface area contributed by atoms with E-state index in [4.69, 9.17) is 0 Å². The Hall–Kier alpha value is -2.50. The number of carbonyl (C=O) groups is 2. The van der Waals surface area contributed by atoms with E-state index in [1.807, 2.05) is 12.1 Å². The molecule has 0 bridgehead atoms. The molecule has 0 radical (unpaired) electrons. The molecule has 6 heteroatoms. The van der Waals surface area contributed by atoms with Crippen molar-refractivity contribution in [2.45, 2.75) is 12.8 Å². The first-order chi connectivity index (χ1) is 8.74. The fraction of sp³-hybridized carbons (Fsp3) is 0.167. The zero-order valence-corrected chi connectivity index (χ0v) is 9.69. The van der Waals surface area contributed by atoms with Gasteiger partial charge in [0.1, 0.15) is 0 Å². The topological polar surface area (TPSA) is 89.8 Å². The summed E-state index contributed by atoms with van der Waals surface area (Å²) in [5.41, 5.74) is 6.32. The lowest BCUT2D eigenvalue weighted by Gasteiger charge is -2.06. The quantitative estimate of drug-likeness (QED) is 0.583. The molecular weight excluding hydrogens is 232 g/mol. The van der Waals surface area contributed by atoms with Crippen LogP contribution in [0.15, 0.2) is 36.7 Å². The summed E-state index contributed by atoms with van der Waals surface area (Å²) in [5.74, 6) is -0.533. The standard InChI is InChI=1S/C12H14N4O2/c17-11(7-9-3-1-5-13-9)15-16-12(18)8-10-4-2-6-14-10/h1-6,13-14H,7-8H2,(H,15,17)(H,16,18). The van der Waals surface area contributed by atoms with Crippen LogP contribution in [0, 0.1) is 0 Å². The fourth-order valence-electron chi connectivity index (χ4n) is 1.53. The second-order valence-electron chi connectivity index (χ2n) is 3.84. The van der Waals surface area contributed by atoms with Gasteiger partial charge >= 0.3 is 0 Å². The summed E-state index contributed by atoms with van der Waals surface area (Å²) in [6, 6.07) is 7.24. The van der Waals surface area contributed by atoms with Crippen LogP contribution in [0.2, 0.25) is 0 Å². The lowest BCUT2D eigenvalue weighted by Crippen LogP contribution is -2.43. The molecule has 2 heterocycles. The van der Waals surface area contributed by atoms with E-state index < -0.39 is 0 Å². The normalized spacial score (nSPS) is 10.0. The van der Waals surface area contributed by atoms with Crippen molar-refractivity contribution in [2.24, 2.45) is 0 Å². The molecule has 18 heavy (non-hydrogen) atoms. The number of hydrogen-bond donors (Lipinski definition) is 4. The molecule has 0 saturated carbocycles. The summed E-state index contributed by atoms with van der Waals surface area (Å²) in [7, 11) is 0. The average molecular weight is 246 g/mol. The Bertz CT molecular complexity index is 454. The van der Waals surface area contributed by atoms with Gasteiger partial charge in [-0.1, -0.05) is 0 Å². The number of H-pyrrole nitrogens is 2. The van der Waals surface area contributed by atoms with Gasteiger partial charge < -0.3 is 9.97 Å². The highest BCUT2D eigenvalue weighted by molar-refractivity contribution is 5.83. The number of aromatic amines is 2. The van der Waals surface area contributed by atoms with Crippen molar-refractivity contribution in [1.29, 1.82) is 0 Å². The van der Waals surface area contributed by atoms with Crippen LogP contribution in [-0.2, 0) is 22.4 Å². The Labute approximate surface area is 104 Å². The largest absolute Gasteiger partial charge is 0.365 e. The molecule has 0 spiro atoms. The first kappa shape index (κ1) is 12.0. The van der Waals surface area contributed by atoms with Gasteiger partial charge in [0.25, 0.3) is 0 Å². The second-order valence-corrected chi connectivity index (χ2v) is 3.84. The lowest BCUT2D eigenvalue weighted by molar-refractivity contribution is -0.128. The highest BCUT2D eigenvalue weighted by atomic mass is 16.2. The number of amides is 2. The molecule has 0 aliphatic heterocycles. The number of hydrogen-bond acceptors (Lipinski definition) is 2. The van der Waals surface area contributed by atoms with E-state index in [0.29, 0.717) is 0 Å². The van der Waals surface area contributed by atoms with Crippen LogP contribution in [0.4, 0.5) is 0 Å². The molecule has 94 valence electrons. The monoisotopic (exact) mass is 246 g/mol. The van der Waals surface area contributed by atoms with E-state index >= 15 is 0 Å². The van der Waals surface area contributed by atoms with Gasteiger partial charge in [-0.3, -0.25) is 20.4 Å². The smallest absolute Gasteiger partial charge is 0.244 e. The Morgan fingerprint density at radius 1 is 0.889 bits per heavy atom. The van der Waals surface area contributed by atoms with Crippen molar-refractivity contribution in [3.63, 3.8) is 0 Å². The molecule has 2 amide bonds. The third-order valence-corrected chi connectivity index (χ3v) is 2.37. The zero-order valence-electron chi connectivity index (χ0n) is 9.69. The number of hydrazine groups is 1. The minimum absolute atomic E-state index is 0.204. The highest BCUT2D eigenvalue weighted by Gasteiger charge is 2.07. The van der Waals surface area contributed by atoms with E-state index in [9.17, 15) is 9.59 Å². The molecular formula is C12H14N4O2. The van der Waals surface area contributed by atoms with Crippen molar-refractivity contribution in [3.05, 3.63) is 48.0 Å². The zero-order chi connectivity index (χ0) is 12.8. The molecule has 4 N–H and O–H groups in total. The van der Waals surface area contributed by atoms with Crippen LogP contribution in [0.3, 0.4) is 0 Å². The van der Waals surface area contributed by atoms with Crippen LogP contribution in [0.1, 0.15) is 11.4 Å². The first-order valence-electron chi connectivity index (χ1n) is 5.56. The number of aromatic nitrogens is 2. The van der Waals surface area contributed by atoms with Gasteiger partial charge in [0.2, 0.25) is 11.8 Å². The van der Waals surface area contributed by atoms with Crippen molar-refractivity contribution < 1.29 is 9.59 Å². The summed E-state index contributed by atoms with van der Waals surface area (Å²) >= 11 is 0. The highest BCUT2D eigenvalue weighted by Crippen LogP contribution is 1.96. The maximum Gasteiger partial charge on any atom is 0.244 e. The van der Waals surface area contributed by atoms with Crippen molar-refractivity contribution in [1.82, 2.24) is 20.8 Å². The predicted octanol–water partition coefficient (Wildman–Crippen LogP) is 0.275. The third-order valence-electron chi connectivity index (χ3n) is 2.37. The first-order valence-corrected chi connectivity index (χ1v) is 5.56. The Balaban J connectivity index is 1.71. The number of rotatable bonds is 4. The van der Waals surface area contributed by atoms with Crippen molar-refractivity contribution in [2.75, 3.05) is 0 Å². The summed E-state index contributed by atoms with van der Waals surface area (Å²) in [6.45, 7) is 0. The second kappa shape index (κ2) is 5.72. The SMILES string of the molecule is O=C(Cc1ccc[nH]1)NNC(=O)Cc1ccc[nH]1. The van der Waals surface area contributed by atoms with Gasteiger partial charge in [-0.2, -0.15) is 0 Å². The van der Waals surface area contributed by atoms with E-state index in [2.05, 4.69) is 20.8 Å². The Morgan fingerprint density at radius 3 is 1.67 bits per heavy atom. The van der Waals surface area contributed by atoms with Crippen LogP contribution in [0.25, 0.3) is 0 Å². The van der Waals surface area contributed by atoms with Gasteiger partial charge in [-0.25, -0.2) is 0 Å². The van der Waals surface area contributed by atoms with E-state index in [1.165, 1.54) is 0 Å². The molecule has 2 aromatic heterocycles. The number of carbonyl (C=O) groups excluding carboxylic acids is 2. The molecule has 6 nitrogen and oxygen atoms in total. The molecule has 0 aliphatic carbocycles. The lowest BCUT2D eigenvalue weighted by atomic mass is 10.3. The van der Waals surface area contributed by atoms with Crippen LogP contribution >= 0.6 is 0 Å². The van der Waals surface area contributed by atoms with E-state index in [1.54, 1.807) is 24.5 Å². The predicted molar refractivity (Wildman–Crippen MR) is 65.3 cm³/mol. The molecule has 2 aromatic rings. The maximum absolute atomic E-state index is 11.5. The Kier molecular flexibility index (Phi) is 3.80. The molecule has 0 aliphatic rings. The summed E-state index contributed by atoms with van der Waals surface area (Å²) in [4.78, 5) is 28.8. The van der Waals surface area contributed by atoms with Gasteiger partial charge in [0.15, 0.2) is 0 Å². The van der Waals surface area contributed by atoms with Gasteiger partial charge in [0, 0.05) is 23.8 Å². The molecule has 0 aromatic carbocycles. The van der Waals surface area contributed by atoms with Crippen molar-refractivity contribution >= 4 is 11.8 Å². The number of nitrogens with one attached hydrogen (secondary N) is 4. The molecule has 0 saturated heterocycles. The molecule has 0 fully saturated rings. The summed E-state index contributed by atoms with van der Waals surface area (Å²) < 4.78 is 0. The van der Waals surface area contributed by atoms with Crippen LogP contribution in [0.5, 0.6) is 0 Å².